The van der Waals surface area contributed by atoms with Gasteiger partial charge in [-0.25, -0.2) is 0 Å². The molecule has 1 aliphatic carbocycles. The van der Waals surface area contributed by atoms with Crippen LogP contribution in [0, 0.1) is 17.8 Å². The molecule has 0 N–H and O–H groups in total. The van der Waals surface area contributed by atoms with Crippen LogP contribution in [0.5, 0.6) is 0 Å². The number of benzene rings is 7. The first-order valence-electron chi connectivity index (χ1n) is 22.8. The van der Waals surface area contributed by atoms with Crippen molar-refractivity contribution in [1.29, 1.82) is 0 Å². The molecule has 0 amide bonds. The first kappa shape index (κ1) is 43.9. The maximum Gasteiger partial charge on any atom is 0.184 e. The van der Waals surface area contributed by atoms with Crippen molar-refractivity contribution < 1.29 is 10.3 Å². The van der Waals surface area contributed by atoms with E-state index in [2.05, 4.69) is 186 Å². The summed E-state index contributed by atoms with van der Waals surface area (Å²) in [6, 6.07) is 78.5. The van der Waals surface area contributed by atoms with Crippen molar-refractivity contribution >= 4 is 28.8 Å². The van der Waals surface area contributed by atoms with Gasteiger partial charge in [0.15, 0.2) is 8.07 Å². The molecule has 0 spiro atoms. The molecule has 322 valence electrons. The molecular weight excluding hydrogens is 793 g/mol. The molecule has 0 unspecified atom stereocenters. The standard InChI is InChI=1S/C35H28OSi.C16H12O.C10H20.H2/c1-27-33(28-17-7-2-8-18-28)36-34(29-19-9-3-10-20-29)35(27)37(30-21-11-4-12-22-30,31-23-13-5-14-24-31)32-25-15-6-16-26-32;1-3-7-13(8-4-1)15-11-12-16(17-15)14-9-5-2-6-10-14;1-9(2)6-5-7-10(3,4)8-9;/h2-26H,1H3;1-12H;5-8H2,1-4H3;1H/i;;;1+1. The Balaban J connectivity index is 0.000000184. The molecule has 10 rings (SSSR count). The molecule has 0 bridgehead atoms. The van der Waals surface area contributed by atoms with Crippen molar-refractivity contribution in [3.8, 4) is 45.3 Å². The molecular formula is C61H62O2Si. The van der Waals surface area contributed by atoms with Crippen molar-refractivity contribution in [3.05, 3.63) is 230 Å². The average molecular weight is 856 g/mol. The van der Waals surface area contributed by atoms with E-state index in [1.807, 2.05) is 72.8 Å². The van der Waals surface area contributed by atoms with Crippen molar-refractivity contribution in [3.63, 3.8) is 0 Å². The second-order valence-electron chi connectivity index (χ2n) is 18.6. The molecule has 1 saturated carbocycles. The molecule has 1 fully saturated rings. The number of rotatable bonds is 8. The van der Waals surface area contributed by atoms with Crippen LogP contribution in [0.15, 0.2) is 233 Å². The topological polar surface area (TPSA) is 26.3 Å². The van der Waals surface area contributed by atoms with Gasteiger partial charge in [-0.1, -0.05) is 246 Å². The first-order valence-corrected chi connectivity index (χ1v) is 24.8. The van der Waals surface area contributed by atoms with Gasteiger partial charge in [0.1, 0.15) is 23.0 Å². The van der Waals surface area contributed by atoms with Gasteiger partial charge in [0.05, 0.1) is 0 Å². The fourth-order valence-corrected chi connectivity index (χ4v) is 15.1. The zero-order valence-corrected chi connectivity index (χ0v) is 39.0. The fraction of sp³-hybridized carbons (Fsp3) is 0.180. The molecule has 9 aromatic rings. The summed E-state index contributed by atoms with van der Waals surface area (Å²) in [4.78, 5) is 0. The third-order valence-corrected chi connectivity index (χ3v) is 17.6. The van der Waals surface area contributed by atoms with E-state index in [9.17, 15) is 0 Å². The molecule has 0 radical (unpaired) electrons. The summed E-state index contributed by atoms with van der Waals surface area (Å²) in [6.45, 7) is 11.8. The third kappa shape index (κ3) is 9.91. The second-order valence-corrected chi connectivity index (χ2v) is 22.3. The van der Waals surface area contributed by atoms with Gasteiger partial charge in [0, 0.05) is 28.9 Å². The fourth-order valence-electron chi connectivity index (χ4n) is 9.99. The molecule has 7 aromatic carbocycles. The maximum absolute atomic E-state index is 6.92. The molecule has 2 nitrogen and oxygen atoms in total. The Labute approximate surface area is 383 Å². The van der Waals surface area contributed by atoms with Crippen LogP contribution in [0.2, 0.25) is 0 Å². The Kier molecular flexibility index (Phi) is 13.6. The maximum atomic E-state index is 6.92. The minimum atomic E-state index is -2.78. The van der Waals surface area contributed by atoms with Crippen LogP contribution < -0.4 is 20.7 Å². The van der Waals surface area contributed by atoms with Crippen molar-refractivity contribution in [2.75, 3.05) is 0 Å². The van der Waals surface area contributed by atoms with E-state index in [0.717, 1.165) is 45.3 Å². The molecule has 64 heavy (non-hydrogen) atoms. The lowest BCUT2D eigenvalue weighted by molar-refractivity contribution is 0.116. The Morgan fingerprint density at radius 1 is 0.375 bits per heavy atom. The van der Waals surface area contributed by atoms with Crippen LogP contribution in [0.3, 0.4) is 0 Å². The molecule has 2 heterocycles. The summed E-state index contributed by atoms with van der Waals surface area (Å²) in [5, 5.41) is 5.33. The zero-order chi connectivity index (χ0) is 44.4. The summed E-state index contributed by atoms with van der Waals surface area (Å²) in [5.74, 6) is 3.71. The Morgan fingerprint density at radius 3 is 1.02 bits per heavy atom. The molecule has 3 heteroatoms. The van der Waals surface area contributed by atoms with Gasteiger partial charge in [-0.2, -0.15) is 0 Å². The molecule has 0 atom stereocenters. The largest absolute Gasteiger partial charge is 0.456 e. The van der Waals surface area contributed by atoms with Crippen LogP contribution in [-0.2, 0) is 0 Å². The van der Waals surface area contributed by atoms with Crippen molar-refractivity contribution in [2.45, 2.75) is 60.3 Å². The van der Waals surface area contributed by atoms with Gasteiger partial charge >= 0.3 is 0 Å². The Bertz CT molecular complexity index is 2630. The van der Waals surface area contributed by atoms with E-state index in [1.165, 1.54) is 52.0 Å². The summed E-state index contributed by atoms with van der Waals surface area (Å²) in [6.07, 6.45) is 5.69. The Morgan fingerprint density at radius 2 is 0.688 bits per heavy atom. The SMILES string of the molecule is CC1(C)CCCC(C)(C)C1.Cc1c(-c2ccccc2)oc(-c2ccccc2)c1[Si](c1ccccc1)(c1ccccc1)c1ccccc1.[2HH].c1ccc(-c2ccc(-c3ccccc3)o2)cc1. The van der Waals surface area contributed by atoms with E-state index in [4.69, 9.17) is 8.83 Å². The minimum absolute atomic E-state index is 0. The molecule has 0 aliphatic heterocycles. The predicted octanol–water partition coefficient (Wildman–Crippen LogP) is 14.8. The quantitative estimate of drug-likeness (QED) is 0.112. The number of hydrogen-bond acceptors (Lipinski definition) is 2. The van der Waals surface area contributed by atoms with Crippen LogP contribution in [0.1, 0.15) is 60.4 Å². The number of hydrogen-bond donors (Lipinski definition) is 0. The van der Waals surface area contributed by atoms with E-state index in [0.29, 0.717) is 10.8 Å². The highest BCUT2D eigenvalue weighted by molar-refractivity contribution is 7.20. The average Bonchev–Trinajstić information content (AvgIpc) is 3.97. The summed E-state index contributed by atoms with van der Waals surface area (Å²) in [5.41, 5.74) is 6.84. The van der Waals surface area contributed by atoms with Gasteiger partial charge in [-0.15, -0.1) is 0 Å². The van der Waals surface area contributed by atoms with Gasteiger partial charge in [0.25, 0.3) is 0 Å². The Hall–Kier alpha value is -6.68. The molecule has 1 aliphatic rings. The third-order valence-electron chi connectivity index (χ3n) is 12.6. The lowest BCUT2D eigenvalue weighted by atomic mass is 9.65. The van der Waals surface area contributed by atoms with Gasteiger partial charge < -0.3 is 8.83 Å². The lowest BCUT2D eigenvalue weighted by Gasteiger charge is -2.40. The normalized spacial score (nSPS) is 14.0. The van der Waals surface area contributed by atoms with Gasteiger partial charge in [0.2, 0.25) is 0 Å². The van der Waals surface area contributed by atoms with Gasteiger partial charge in [-0.3, -0.25) is 0 Å². The van der Waals surface area contributed by atoms with Crippen LogP contribution in [-0.4, -0.2) is 8.07 Å². The highest BCUT2D eigenvalue weighted by Gasteiger charge is 2.46. The number of furan rings is 2. The lowest BCUT2D eigenvalue weighted by Crippen LogP contribution is -2.75. The van der Waals surface area contributed by atoms with Crippen molar-refractivity contribution in [2.24, 2.45) is 10.8 Å². The summed E-state index contributed by atoms with van der Waals surface area (Å²) < 4.78 is 12.8. The second kappa shape index (κ2) is 19.8. The summed E-state index contributed by atoms with van der Waals surface area (Å²) in [7, 11) is -2.78. The first-order chi connectivity index (χ1) is 31.1. The molecule has 2 aromatic heterocycles. The predicted molar refractivity (Wildman–Crippen MR) is 276 cm³/mol. The zero-order valence-electron chi connectivity index (χ0n) is 38.0. The van der Waals surface area contributed by atoms with E-state index in [-0.39, 0.29) is 1.43 Å². The van der Waals surface area contributed by atoms with E-state index < -0.39 is 8.07 Å². The van der Waals surface area contributed by atoms with Crippen molar-refractivity contribution in [1.82, 2.24) is 0 Å². The monoisotopic (exact) mass is 855 g/mol. The highest BCUT2D eigenvalue weighted by atomic mass is 28.3. The minimum Gasteiger partial charge on any atom is -0.456 e. The van der Waals surface area contributed by atoms with E-state index in [1.54, 1.807) is 0 Å². The summed E-state index contributed by atoms with van der Waals surface area (Å²) >= 11 is 0. The van der Waals surface area contributed by atoms with Crippen LogP contribution in [0.25, 0.3) is 45.3 Å². The van der Waals surface area contributed by atoms with E-state index >= 15 is 0 Å². The van der Waals surface area contributed by atoms with Crippen LogP contribution >= 0.6 is 0 Å². The highest BCUT2D eigenvalue weighted by Crippen LogP contribution is 2.45. The van der Waals surface area contributed by atoms with Gasteiger partial charge in [-0.05, 0) is 70.3 Å². The van der Waals surface area contributed by atoms with Crippen LogP contribution in [0.4, 0.5) is 0 Å². The molecule has 0 saturated heterocycles. The smallest absolute Gasteiger partial charge is 0.184 e.